The molecule has 0 aliphatic carbocycles. The van der Waals surface area contributed by atoms with Crippen molar-refractivity contribution in [1.82, 2.24) is 4.98 Å². The van der Waals surface area contributed by atoms with Crippen molar-refractivity contribution in [3.8, 4) is 5.88 Å². The second kappa shape index (κ2) is 5.56. The van der Waals surface area contributed by atoms with Gasteiger partial charge in [-0.05, 0) is 35.6 Å². The van der Waals surface area contributed by atoms with E-state index < -0.39 is 9.84 Å². The van der Waals surface area contributed by atoms with Gasteiger partial charge in [-0.2, -0.15) is 10.2 Å². The van der Waals surface area contributed by atoms with Crippen LogP contribution in [0.2, 0.25) is 0 Å². The quantitative estimate of drug-likeness (QED) is 0.756. The standard InChI is InChI=1S/C18H15N3O3S/c1-2-25(23,24)13-5-6-16-14(9-13)15(18(22)20-16)7-11-3-4-12-10-19-21-17(12)8-11/h3-10,20,22H,2H2,1H3. The normalized spacial score (nSPS) is 14.0. The fraction of sp³-hybridized carbons (Fsp3) is 0.111. The Morgan fingerprint density at radius 1 is 1.20 bits per heavy atom. The van der Waals surface area contributed by atoms with E-state index in [-0.39, 0.29) is 16.5 Å². The lowest BCUT2D eigenvalue weighted by Gasteiger charge is -2.01. The third-order valence-electron chi connectivity index (χ3n) is 4.26. The Morgan fingerprint density at radius 3 is 2.84 bits per heavy atom. The fourth-order valence-corrected chi connectivity index (χ4v) is 3.76. The van der Waals surface area contributed by atoms with Gasteiger partial charge in [0.15, 0.2) is 15.7 Å². The molecule has 0 saturated carbocycles. The summed E-state index contributed by atoms with van der Waals surface area (Å²) in [5.74, 6) is 0.0232. The first-order valence-corrected chi connectivity index (χ1v) is 9.43. The number of hydrogen-bond acceptors (Lipinski definition) is 5. The van der Waals surface area contributed by atoms with Gasteiger partial charge in [-0.25, -0.2) is 8.42 Å². The van der Waals surface area contributed by atoms with E-state index in [2.05, 4.69) is 15.2 Å². The second-order valence-corrected chi connectivity index (χ2v) is 8.08. The molecule has 0 radical (unpaired) electrons. The Labute approximate surface area is 143 Å². The summed E-state index contributed by atoms with van der Waals surface area (Å²) in [6, 6.07) is 10.5. The summed E-state index contributed by atoms with van der Waals surface area (Å²) in [4.78, 5) is 3.12. The van der Waals surface area contributed by atoms with Crippen LogP contribution in [0.25, 0.3) is 23.2 Å². The Hall–Kier alpha value is -2.93. The zero-order valence-corrected chi connectivity index (χ0v) is 14.2. The fourth-order valence-electron chi connectivity index (χ4n) is 2.85. The smallest absolute Gasteiger partial charge is 0.196 e. The molecule has 126 valence electrons. The summed E-state index contributed by atoms with van der Waals surface area (Å²) in [6.07, 6.45) is 3.48. The van der Waals surface area contributed by atoms with E-state index >= 15 is 0 Å². The van der Waals surface area contributed by atoms with Gasteiger partial charge in [0.05, 0.1) is 22.5 Å². The Morgan fingerprint density at radius 2 is 2.04 bits per heavy atom. The number of rotatable bonds is 3. The van der Waals surface area contributed by atoms with E-state index in [9.17, 15) is 13.5 Å². The third-order valence-corrected chi connectivity index (χ3v) is 5.99. The molecule has 4 rings (SSSR count). The summed E-state index contributed by atoms with van der Waals surface area (Å²) in [7, 11) is -3.32. The van der Waals surface area contributed by atoms with E-state index in [0.29, 0.717) is 16.5 Å². The van der Waals surface area contributed by atoms with Crippen LogP contribution < -0.4 is 10.4 Å². The summed E-state index contributed by atoms with van der Waals surface area (Å²) in [5.41, 5.74) is 1.98. The number of nitrogens with one attached hydrogen (secondary N) is 1. The van der Waals surface area contributed by atoms with Gasteiger partial charge < -0.3 is 10.1 Å². The number of azo groups is 1. The molecule has 0 amide bonds. The number of aromatic hydroxyl groups is 1. The predicted octanol–water partition coefficient (Wildman–Crippen LogP) is 2.33. The molecule has 1 aliphatic heterocycles. The number of hydrogen-bond donors (Lipinski definition) is 2. The number of H-pyrrole nitrogens is 1. The Kier molecular flexibility index (Phi) is 3.47. The molecule has 2 N–H and O–H groups in total. The number of nitrogens with zero attached hydrogens (tertiary/aromatic N) is 2. The molecule has 2 aromatic carbocycles. The van der Waals surface area contributed by atoms with Crippen LogP contribution in [0.4, 0.5) is 5.69 Å². The van der Waals surface area contributed by atoms with Crippen LogP contribution in [0.15, 0.2) is 51.5 Å². The van der Waals surface area contributed by atoms with Gasteiger partial charge in [0.25, 0.3) is 0 Å². The van der Waals surface area contributed by atoms with E-state index in [1.807, 2.05) is 18.2 Å². The largest absolute Gasteiger partial charge is 0.494 e. The van der Waals surface area contributed by atoms with Crippen molar-refractivity contribution in [2.75, 3.05) is 5.75 Å². The zero-order valence-electron chi connectivity index (χ0n) is 13.4. The maximum Gasteiger partial charge on any atom is 0.196 e. The minimum atomic E-state index is -3.32. The zero-order chi connectivity index (χ0) is 17.6. The third kappa shape index (κ3) is 2.62. The molecule has 0 bridgehead atoms. The van der Waals surface area contributed by atoms with Gasteiger partial charge in [-0.15, -0.1) is 0 Å². The molecule has 6 nitrogen and oxygen atoms in total. The Bertz CT molecular complexity index is 1250. The maximum atomic E-state index is 12.1. The van der Waals surface area contributed by atoms with Gasteiger partial charge in [-0.3, -0.25) is 0 Å². The highest BCUT2D eigenvalue weighted by molar-refractivity contribution is 7.91. The van der Waals surface area contributed by atoms with E-state index in [4.69, 9.17) is 0 Å². The first-order valence-electron chi connectivity index (χ1n) is 7.78. The number of sulfone groups is 1. The van der Waals surface area contributed by atoms with Gasteiger partial charge in [0.2, 0.25) is 0 Å². The van der Waals surface area contributed by atoms with Gasteiger partial charge in [0, 0.05) is 21.7 Å². The van der Waals surface area contributed by atoms with Crippen LogP contribution in [0, 0.1) is 0 Å². The summed E-state index contributed by atoms with van der Waals surface area (Å²) in [5, 5.41) is 20.6. The molecule has 1 aromatic heterocycles. The van der Waals surface area contributed by atoms with Gasteiger partial charge in [0.1, 0.15) is 0 Å². The average Bonchev–Trinajstić information content (AvgIpc) is 3.19. The molecule has 7 heteroatoms. The lowest BCUT2D eigenvalue weighted by Crippen LogP contribution is -2.06. The molecule has 0 unspecified atom stereocenters. The van der Waals surface area contributed by atoms with Gasteiger partial charge >= 0.3 is 0 Å². The minimum absolute atomic E-state index is 0.00488. The summed E-state index contributed by atoms with van der Waals surface area (Å²) < 4.78 is 24.3. The van der Waals surface area contributed by atoms with E-state index in [1.165, 1.54) is 0 Å². The van der Waals surface area contributed by atoms with Crippen LogP contribution in [0.5, 0.6) is 5.88 Å². The molecule has 25 heavy (non-hydrogen) atoms. The molecular formula is C18H15N3O3S. The minimum Gasteiger partial charge on any atom is -0.494 e. The van der Waals surface area contributed by atoms with Crippen molar-refractivity contribution in [1.29, 1.82) is 0 Å². The molecule has 0 saturated heterocycles. The van der Waals surface area contributed by atoms with E-state index in [1.54, 1.807) is 37.4 Å². The lowest BCUT2D eigenvalue weighted by atomic mass is 10.1. The molecular weight excluding hydrogens is 338 g/mol. The van der Waals surface area contributed by atoms with Crippen molar-refractivity contribution < 1.29 is 13.5 Å². The number of aromatic amines is 1. The first-order chi connectivity index (χ1) is 12.0. The molecule has 0 fully saturated rings. The first kappa shape index (κ1) is 15.6. The molecule has 0 spiro atoms. The monoisotopic (exact) mass is 353 g/mol. The van der Waals surface area contributed by atoms with Crippen molar-refractivity contribution in [2.24, 2.45) is 10.2 Å². The molecule has 1 aliphatic rings. The van der Waals surface area contributed by atoms with Crippen LogP contribution in [-0.4, -0.2) is 24.3 Å². The molecule has 3 aromatic rings. The molecule has 2 heterocycles. The number of aromatic nitrogens is 1. The second-order valence-electron chi connectivity index (χ2n) is 5.81. The summed E-state index contributed by atoms with van der Waals surface area (Å²) in [6.45, 7) is 1.61. The van der Waals surface area contributed by atoms with E-state index in [0.717, 1.165) is 16.1 Å². The Balaban J connectivity index is 1.94. The van der Waals surface area contributed by atoms with Crippen molar-refractivity contribution in [3.05, 3.63) is 52.4 Å². The van der Waals surface area contributed by atoms with Crippen molar-refractivity contribution >= 4 is 38.7 Å². The van der Waals surface area contributed by atoms with Crippen LogP contribution in [-0.2, 0) is 9.84 Å². The summed E-state index contributed by atoms with van der Waals surface area (Å²) >= 11 is 0. The highest BCUT2D eigenvalue weighted by atomic mass is 32.2. The number of benzene rings is 2. The lowest BCUT2D eigenvalue weighted by molar-refractivity contribution is 0.457. The highest BCUT2D eigenvalue weighted by Gasteiger charge is 2.15. The van der Waals surface area contributed by atoms with Crippen molar-refractivity contribution in [2.45, 2.75) is 11.8 Å². The maximum absolute atomic E-state index is 12.1. The average molecular weight is 353 g/mol. The van der Waals surface area contributed by atoms with Crippen LogP contribution >= 0.6 is 0 Å². The molecule has 0 atom stereocenters. The topological polar surface area (TPSA) is 94.9 Å². The van der Waals surface area contributed by atoms with Gasteiger partial charge in [-0.1, -0.05) is 19.1 Å². The van der Waals surface area contributed by atoms with Crippen LogP contribution in [0.3, 0.4) is 0 Å². The van der Waals surface area contributed by atoms with Crippen molar-refractivity contribution in [3.63, 3.8) is 0 Å². The number of fused-ring (bicyclic) bond motifs is 2. The van der Waals surface area contributed by atoms with Crippen LogP contribution in [0.1, 0.15) is 12.5 Å². The SMILES string of the molecule is CCS(=O)(=O)c1ccc2[nH]c(O)c(C=c3ccc4c(c3)N=NC=4)c2c1. The predicted molar refractivity (Wildman–Crippen MR) is 95.9 cm³/mol. The highest BCUT2D eigenvalue weighted by Crippen LogP contribution is 2.30.